The maximum absolute atomic E-state index is 10.4. The van der Waals surface area contributed by atoms with Gasteiger partial charge in [0.2, 0.25) is 0 Å². The Balaban J connectivity index is -0.000000157. The van der Waals surface area contributed by atoms with Crippen molar-refractivity contribution in [2.75, 3.05) is 28.4 Å². The van der Waals surface area contributed by atoms with Crippen LogP contribution in [0.4, 0.5) is 0 Å². The van der Waals surface area contributed by atoms with Crippen LogP contribution in [0.5, 0.6) is 0 Å². The summed E-state index contributed by atoms with van der Waals surface area (Å²) >= 11 is 5.45. The predicted molar refractivity (Wildman–Crippen MR) is 114 cm³/mol. The van der Waals surface area contributed by atoms with Gasteiger partial charge in [0.25, 0.3) is 0 Å². The molecule has 0 fully saturated rings. The second kappa shape index (κ2) is 23.9. The second-order valence-corrected chi connectivity index (χ2v) is 6.77. The van der Waals surface area contributed by atoms with Crippen molar-refractivity contribution in [1.82, 2.24) is 0 Å². The topological polar surface area (TPSA) is 138 Å². The third-order valence-electron chi connectivity index (χ3n) is 2.76. The van der Waals surface area contributed by atoms with Gasteiger partial charge in [0, 0.05) is 19.4 Å². The molecule has 182 valence electrons. The molecule has 0 N–H and O–H groups in total. The highest BCUT2D eigenvalue weighted by Gasteiger charge is 2.09. The monoisotopic (exact) mass is 469 g/mol. The minimum absolute atomic E-state index is 0.00463. The van der Waals surface area contributed by atoms with Gasteiger partial charge in [-0.25, -0.2) is 4.79 Å². The van der Waals surface area contributed by atoms with Crippen LogP contribution in [0.1, 0.15) is 48.0 Å². The van der Waals surface area contributed by atoms with E-state index in [1.54, 1.807) is 33.8 Å². The lowest BCUT2D eigenvalue weighted by Crippen LogP contribution is -2.19. The van der Waals surface area contributed by atoms with E-state index in [0.717, 1.165) is 0 Å². The highest BCUT2D eigenvalue weighted by molar-refractivity contribution is 6.21. The summed E-state index contributed by atoms with van der Waals surface area (Å²) in [4.78, 5) is 41.0. The molecular formula is C20H36ClNO9. The number of hydrogen-bond donors (Lipinski definition) is 0. The van der Waals surface area contributed by atoms with Crippen LogP contribution in [-0.4, -0.2) is 69.9 Å². The van der Waals surface area contributed by atoms with Crippen molar-refractivity contribution in [3.63, 3.8) is 0 Å². The summed E-state index contributed by atoms with van der Waals surface area (Å²) in [7, 11) is 5.53. The summed E-state index contributed by atoms with van der Waals surface area (Å²) in [6.07, 6.45) is -0.773. The Labute approximate surface area is 190 Å². The fourth-order valence-electron chi connectivity index (χ4n) is 1.09. The molecule has 0 aliphatic carbocycles. The van der Waals surface area contributed by atoms with Crippen LogP contribution >= 0.6 is 11.6 Å². The fourth-order valence-corrected chi connectivity index (χ4v) is 1.21. The molecule has 0 spiro atoms. The molecule has 3 unspecified atom stereocenters. The Bertz CT molecular complexity index is 545. The minimum atomic E-state index is -0.618. The van der Waals surface area contributed by atoms with Crippen LogP contribution in [0.3, 0.4) is 0 Å². The Morgan fingerprint density at radius 3 is 1.42 bits per heavy atom. The SMILES string of the molecule is CC(=O)OC(C)C#N.COC(=O)C(C)C.COC(=O)C(C)OC.COC(=O)CC(C)Cl. The summed E-state index contributed by atoms with van der Waals surface area (Å²) in [5, 5.41) is 7.93. The van der Waals surface area contributed by atoms with Crippen molar-refractivity contribution in [3.8, 4) is 6.07 Å². The molecule has 0 saturated heterocycles. The van der Waals surface area contributed by atoms with E-state index in [0.29, 0.717) is 0 Å². The van der Waals surface area contributed by atoms with Gasteiger partial charge >= 0.3 is 23.9 Å². The predicted octanol–water partition coefficient (Wildman–Crippen LogP) is 2.65. The van der Waals surface area contributed by atoms with E-state index >= 15 is 0 Å². The summed E-state index contributed by atoms with van der Waals surface area (Å²) in [5.74, 6) is -1.16. The Morgan fingerprint density at radius 2 is 1.32 bits per heavy atom. The highest BCUT2D eigenvalue weighted by Crippen LogP contribution is 1.99. The molecule has 0 amide bonds. The third kappa shape index (κ3) is 32.5. The van der Waals surface area contributed by atoms with Crippen molar-refractivity contribution in [2.45, 2.75) is 65.5 Å². The molecule has 0 heterocycles. The van der Waals surface area contributed by atoms with Crippen molar-refractivity contribution in [1.29, 1.82) is 5.26 Å². The van der Waals surface area contributed by atoms with Crippen molar-refractivity contribution >= 4 is 35.5 Å². The zero-order valence-corrected chi connectivity index (χ0v) is 20.8. The smallest absolute Gasteiger partial charge is 0.334 e. The molecule has 0 aliphatic heterocycles. The normalized spacial score (nSPS) is 11.7. The quantitative estimate of drug-likeness (QED) is 0.324. The van der Waals surface area contributed by atoms with Gasteiger partial charge < -0.3 is 23.7 Å². The molecule has 0 saturated carbocycles. The lowest BCUT2D eigenvalue weighted by Gasteiger charge is -2.04. The maximum atomic E-state index is 10.4. The van der Waals surface area contributed by atoms with E-state index in [1.807, 2.05) is 0 Å². The first kappa shape index (κ1) is 36.0. The van der Waals surface area contributed by atoms with Gasteiger partial charge in [0.1, 0.15) is 6.07 Å². The number of alkyl halides is 1. The Hall–Kier alpha value is -2.38. The number of esters is 4. The van der Waals surface area contributed by atoms with Crippen LogP contribution < -0.4 is 0 Å². The molecule has 0 aromatic carbocycles. The van der Waals surface area contributed by atoms with Gasteiger partial charge in [-0.05, 0) is 20.8 Å². The lowest BCUT2D eigenvalue weighted by molar-refractivity contribution is -0.151. The Kier molecular flexibility index (Phi) is 27.8. The van der Waals surface area contributed by atoms with Crippen molar-refractivity contribution in [3.05, 3.63) is 0 Å². The van der Waals surface area contributed by atoms with E-state index in [9.17, 15) is 19.2 Å². The number of rotatable bonds is 6. The number of halogens is 1. The van der Waals surface area contributed by atoms with Crippen LogP contribution in [-0.2, 0) is 42.9 Å². The summed E-state index contributed by atoms with van der Waals surface area (Å²) in [5.41, 5.74) is 0. The van der Waals surface area contributed by atoms with Gasteiger partial charge in [0.05, 0.1) is 33.7 Å². The van der Waals surface area contributed by atoms with Gasteiger partial charge in [0.15, 0.2) is 12.2 Å². The number of carbonyl (C=O) groups excluding carboxylic acids is 4. The van der Waals surface area contributed by atoms with Gasteiger partial charge in [-0.15, -0.1) is 11.6 Å². The minimum Gasteiger partial charge on any atom is -0.469 e. The molecule has 11 heteroatoms. The summed E-state index contributed by atoms with van der Waals surface area (Å²) in [6.45, 7) is 9.76. The number of nitrogens with zero attached hydrogens (tertiary/aromatic N) is 1. The fraction of sp³-hybridized carbons (Fsp3) is 0.750. The molecule has 3 atom stereocenters. The van der Waals surface area contributed by atoms with E-state index in [4.69, 9.17) is 16.9 Å². The largest absolute Gasteiger partial charge is 0.469 e. The summed E-state index contributed by atoms with van der Waals surface area (Å²) < 4.78 is 22.1. The molecular weight excluding hydrogens is 434 g/mol. The number of methoxy groups -OCH3 is 4. The zero-order chi connectivity index (χ0) is 25.6. The molecule has 0 aromatic heterocycles. The average Bonchev–Trinajstić information content (AvgIpc) is 2.71. The van der Waals surface area contributed by atoms with E-state index in [1.165, 1.54) is 42.3 Å². The maximum Gasteiger partial charge on any atom is 0.334 e. The van der Waals surface area contributed by atoms with Crippen molar-refractivity contribution in [2.24, 2.45) is 5.92 Å². The average molecular weight is 470 g/mol. The second-order valence-electron chi connectivity index (χ2n) is 6.02. The van der Waals surface area contributed by atoms with E-state index in [-0.39, 0.29) is 35.6 Å². The number of ether oxygens (including phenoxy) is 5. The molecule has 0 aromatic rings. The number of nitriles is 1. The first-order valence-electron chi connectivity index (χ1n) is 9.19. The lowest BCUT2D eigenvalue weighted by atomic mass is 10.2. The molecule has 31 heavy (non-hydrogen) atoms. The van der Waals surface area contributed by atoms with Crippen molar-refractivity contribution < 1.29 is 42.9 Å². The molecule has 0 bridgehead atoms. The first-order chi connectivity index (χ1) is 14.2. The van der Waals surface area contributed by atoms with Gasteiger partial charge in [-0.1, -0.05) is 13.8 Å². The standard InChI is InChI=1S/C5H9ClO2.C5H7NO2.C5H10O3.C5H10O2/c1-4(6)3-5(7)8-2;1-4(3-6)8-5(2)7;1-4(7-2)5(6)8-3;1-4(2)5(6)7-3/h4H,3H2,1-2H3;4H,1-2H3;4H,1-3H3;4H,1-3H3. The van der Waals surface area contributed by atoms with Crippen LogP contribution in [0, 0.1) is 17.2 Å². The van der Waals surface area contributed by atoms with Crippen LogP contribution in [0.2, 0.25) is 0 Å². The summed E-state index contributed by atoms with van der Waals surface area (Å²) in [6, 6.07) is 1.75. The number of hydrogen-bond acceptors (Lipinski definition) is 10. The third-order valence-corrected chi connectivity index (χ3v) is 2.91. The molecule has 0 rings (SSSR count). The molecule has 0 radical (unpaired) electrons. The molecule has 0 aliphatic rings. The van der Waals surface area contributed by atoms with Crippen LogP contribution in [0.25, 0.3) is 0 Å². The first-order valence-corrected chi connectivity index (χ1v) is 9.63. The molecule has 10 nitrogen and oxygen atoms in total. The highest BCUT2D eigenvalue weighted by atomic mass is 35.5. The Morgan fingerprint density at radius 1 is 0.871 bits per heavy atom. The van der Waals surface area contributed by atoms with E-state index < -0.39 is 18.2 Å². The number of carbonyl (C=O) groups is 4. The van der Waals surface area contributed by atoms with Gasteiger partial charge in [-0.3, -0.25) is 14.4 Å². The van der Waals surface area contributed by atoms with Crippen LogP contribution in [0.15, 0.2) is 0 Å². The zero-order valence-electron chi connectivity index (χ0n) is 20.0. The van der Waals surface area contributed by atoms with Gasteiger partial charge in [-0.2, -0.15) is 5.26 Å². The van der Waals surface area contributed by atoms with E-state index in [2.05, 4.69) is 23.7 Å².